The monoisotopic (exact) mass is 374 g/mol. The van der Waals surface area contributed by atoms with Crippen LogP contribution >= 0.6 is 23.2 Å². The second-order valence-corrected chi connectivity index (χ2v) is 7.26. The summed E-state index contributed by atoms with van der Waals surface area (Å²) in [6.45, 7) is 1.25. The maximum absolute atomic E-state index is 12.9. The van der Waals surface area contributed by atoms with Crippen molar-refractivity contribution in [2.75, 3.05) is 6.54 Å². The molecule has 0 radical (unpaired) electrons. The Morgan fingerprint density at radius 3 is 2.60 bits per heavy atom. The molecule has 2 heterocycles. The van der Waals surface area contributed by atoms with E-state index < -0.39 is 6.04 Å². The van der Waals surface area contributed by atoms with Crippen LogP contribution in [0.4, 0.5) is 0 Å². The minimum atomic E-state index is -0.433. The van der Waals surface area contributed by atoms with Crippen molar-refractivity contribution in [2.45, 2.75) is 19.0 Å². The van der Waals surface area contributed by atoms with Crippen LogP contribution in [0.5, 0.6) is 0 Å². The van der Waals surface area contributed by atoms with E-state index in [0.717, 1.165) is 33.6 Å². The molecule has 0 saturated carbocycles. The van der Waals surface area contributed by atoms with E-state index >= 15 is 0 Å². The fourth-order valence-corrected chi connectivity index (χ4v) is 3.76. The van der Waals surface area contributed by atoms with E-state index in [9.17, 15) is 4.79 Å². The molecule has 4 N–H and O–H groups in total. The zero-order chi connectivity index (χ0) is 17.6. The molecule has 1 amide bonds. The lowest BCUT2D eigenvalue weighted by Crippen LogP contribution is -2.61. The van der Waals surface area contributed by atoms with Crippen molar-refractivity contribution < 1.29 is 10.5 Å². The summed E-state index contributed by atoms with van der Waals surface area (Å²) in [4.78, 5) is 18.1. The third-order valence-corrected chi connectivity index (χ3v) is 5.31. The van der Waals surface area contributed by atoms with Gasteiger partial charge in [0.05, 0.1) is 6.54 Å². The van der Waals surface area contributed by atoms with Crippen LogP contribution in [-0.2, 0) is 17.8 Å². The van der Waals surface area contributed by atoms with Crippen molar-refractivity contribution in [2.24, 2.45) is 0 Å². The number of hydrogen-bond donors (Lipinski definition) is 2. The smallest absolute Gasteiger partial charge is 0.285 e. The molecular formula is C19H18Cl2N3O+. The second-order valence-electron chi connectivity index (χ2n) is 6.39. The first kappa shape index (κ1) is 16.5. The minimum absolute atomic E-state index is 0.0321. The summed E-state index contributed by atoms with van der Waals surface area (Å²) >= 11 is 12.0. The van der Waals surface area contributed by atoms with Crippen LogP contribution in [0, 0.1) is 0 Å². The van der Waals surface area contributed by atoms with Gasteiger partial charge in [-0.25, -0.2) is 0 Å². The maximum Gasteiger partial charge on any atom is 0.285 e. The Kier molecular flexibility index (Phi) is 4.20. The number of nitrogens with zero attached hydrogens (tertiary/aromatic N) is 1. The molecule has 2 aromatic carbocycles. The Labute approximate surface area is 155 Å². The van der Waals surface area contributed by atoms with Crippen LogP contribution in [-0.4, -0.2) is 22.3 Å². The van der Waals surface area contributed by atoms with E-state index in [1.54, 1.807) is 12.1 Å². The lowest BCUT2D eigenvalue weighted by molar-refractivity contribution is -0.412. The fourth-order valence-electron chi connectivity index (χ4n) is 3.46. The van der Waals surface area contributed by atoms with E-state index in [0.29, 0.717) is 18.1 Å². The fraction of sp³-hybridized carbons (Fsp3) is 0.211. The highest BCUT2D eigenvalue weighted by Crippen LogP contribution is 2.30. The van der Waals surface area contributed by atoms with Crippen LogP contribution in [0.2, 0.25) is 10.0 Å². The number of halogens is 2. The Morgan fingerprint density at radius 2 is 1.84 bits per heavy atom. The Bertz CT molecular complexity index is 949. The van der Waals surface area contributed by atoms with E-state index in [1.807, 2.05) is 35.2 Å². The zero-order valence-electron chi connectivity index (χ0n) is 13.6. The summed E-state index contributed by atoms with van der Waals surface area (Å²) in [7, 11) is 0. The zero-order valence-corrected chi connectivity index (χ0v) is 15.1. The molecule has 0 spiro atoms. The van der Waals surface area contributed by atoms with Gasteiger partial charge in [-0.1, -0.05) is 35.3 Å². The number of fused-ring (bicyclic) bond motifs is 3. The van der Waals surface area contributed by atoms with Crippen molar-refractivity contribution >= 4 is 40.0 Å². The number of amides is 1. The third-order valence-electron chi connectivity index (χ3n) is 4.82. The Hall–Kier alpha value is -2.01. The van der Waals surface area contributed by atoms with Gasteiger partial charge >= 0.3 is 0 Å². The quantitative estimate of drug-likeness (QED) is 0.709. The Balaban J connectivity index is 1.58. The molecule has 1 atom stereocenters. The molecule has 1 aliphatic rings. The summed E-state index contributed by atoms with van der Waals surface area (Å²) in [5.74, 6) is 0.0321. The molecule has 25 heavy (non-hydrogen) atoms. The normalized spacial score (nSPS) is 15.2. The molecule has 0 aliphatic carbocycles. The van der Waals surface area contributed by atoms with Gasteiger partial charge < -0.3 is 15.6 Å². The van der Waals surface area contributed by atoms with Gasteiger partial charge in [0.25, 0.3) is 5.91 Å². The molecule has 128 valence electrons. The van der Waals surface area contributed by atoms with E-state index in [1.165, 1.54) is 5.56 Å². The molecule has 0 fully saturated rings. The number of benzene rings is 2. The highest BCUT2D eigenvalue weighted by molar-refractivity contribution is 6.31. The predicted octanol–water partition coefficient (Wildman–Crippen LogP) is 3.34. The summed E-state index contributed by atoms with van der Waals surface area (Å²) in [5, 5.41) is 2.54. The number of carbonyl (C=O) groups excluding carboxylic acids is 1. The second kappa shape index (κ2) is 6.37. The van der Waals surface area contributed by atoms with Crippen LogP contribution in [0.3, 0.4) is 0 Å². The number of nitrogens with one attached hydrogen (secondary N) is 1. The van der Waals surface area contributed by atoms with Crippen molar-refractivity contribution in [3.63, 3.8) is 0 Å². The first-order valence-electron chi connectivity index (χ1n) is 8.19. The number of rotatable bonds is 2. The van der Waals surface area contributed by atoms with Gasteiger partial charge in [-0.05, 0) is 42.3 Å². The SMILES string of the molecule is [NH3+][C@H](C(=O)N1CCc2c([nH]c3ccc(Cl)cc23)C1)c1ccc(Cl)cc1. The predicted molar refractivity (Wildman–Crippen MR) is 99.5 cm³/mol. The number of H-pyrrole nitrogens is 1. The van der Waals surface area contributed by atoms with Gasteiger partial charge in [-0.3, -0.25) is 4.79 Å². The highest BCUT2D eigenvalue weighted by Gasteiger charge is 2.30. The summed E-state index contributed by atoms with van der Waals surface area (Å²) < 4.78 is 0. The molecule has 0 bridgehead atoms. The van der Waals surface area contributed by atoms with Gasteiger partial charge in [0.1, 0.15) is 0 Å². The van der Waals surface area contributed by atoms with E-state index in [4.69, 9.17) is 23.2 Å². The number of aromatic amines is 1. The minimum Gasteiger partial charge on any atom is -0.357 e. The third kappa shape index (κ3) is 3.01. The van der Waals surface area contributed by atoms with Crippen LogP contribution in [0.25, 0.3) is 10.9 Å². The van der Waals surface area contributed by atoms with Gasteiger partial charge in [0.2, 0.25) is 0 Å². The lowest BCUT2D eigenvalue weighted by Gasteiger charge is -2.28. The van der Waals surface area contributed by atoms with Gasteiger partial charge in [-0.15, -0.1) is 0 Å². The van der Waals surface area contributed by atoms with Crippen LogP contribution < -0.4 is 5.73 Å². The summed E-state index contributed by atoms with van der Waals surface area (Å²) in [5.41, 5.74) is 8.34. The highest BCUT2D eigenvalue weighted by atomic mass is 35.5. The van der Waals surface area contributed by atoms with Gasteiger partial charge in [0.15, 0.2) is 6.04 Å². The lowest BCUT2D eigenvalue weighted by atomic mass is 10.0. The maximum atomic E-state index is 12.9. The number of quaternary nitrogens is 1. The molecule has 1 aromatic heterocycles. The average molecular weight is 375 g/mol. The average Bonchev–Trinajstić information content (AvgIpc) is 2.98. The Morgan fingerprint density at radius 1 is 1.12 bits per heavy atom. The topological polar surface area (TPSA) is 63.7 Å². The number of aromatic nitrogens is 1. The van der Waals surface area contributed by atoms with Crippen LogP contribution in [0.1, 0.15) is 22.9 Å². The number of carbonyl (C=O) groups is 1. The van der Waals surface area contributed by atoms with E-state index in [2.05, 4.69) is 10.7 Å². The summed E-state index contributed by atoms with van der Waals surface area (Å²) in [6.07, 6.45) is 0.814. The standard InChI is InChI=1S/C19H17Cl2N3O/c20-12-3-1-11(2-4-12)18(22)19(25)24-8-7-14-15-9-13(21)5-6-16(15)23-17(14)10-24/h1-6,9,18,23H,7-8,10,22H2/p+1/t18-/m0/s1. The molecule has 0 unspecified atom stereocenters. The van der Waals surface area contributed by atoms with Crippen molar-refractivity contribution in [1.82, 2.24) is 9.88 Å². The molecule has 4 rings (SSSR count). The molecule has 3 aromatic rings. The van der Waals surface area contributed by atoms with Crippen molar-refractivity contribution in [3.8, 4) is 0 Å². The molecular weight excluding hydrogens is 357 g/mol. The molecule has 4 nitrogen and oxygen atoms in total. The van der Waals surface area contributed by atoms with Gasteiger partial charge in [-0.2, -0.15) is 0 Å². The van der Waals surface area contributed by atoms with Gasteiger partial charge in [0, 0.05) is 38.8 Å². The molecule has 0 saturated heterocycles. The van der Waals surface area contributed by atoms with Crippen LogP contribution in [0.15, 0.2) is 42.5 Å². The molecule has 6 heteroatoms. The van der Waals surface area contributed by atoms with E-state index in [-0.39, 0.29) is 5.91 Å². The molecule has 1 aliphatic heterocycles. The van der Waals surface area contributed by atoms with Crippen molar-refractivity contribution in [1.29, 1.82) is 0 Å². The largest absolute Gasteiger partial charge is 0.357 e. The number of hydrogen-bond acceptors (Lipinski definition) is 1. The first-order valence-corrected chi connectivity index (χ1v) is 8.95. The van der Waals surface area contributed by atoms with Crippen molar-refractivity contribution in [3.05, 3.63) is 69.3 Å². The first-order chi connectivity index (χ1) is 12.0. The summed E-state index contributed by atoms with van der Waals surface area (Å²) in [6, 6.07) is 12.7.